The number of hydrogen-bond donors (Lipinski definition) is 1. The third kappa shape index (κ3) is 5.20. The number of nitrogens with zero attached hydrogens (tertiary/aromatic N) is 1. The number of H-pyrrole nitrogens is 1. The first-order chi connectivity index (χ1) is 9.90. The molecule has 20 heavy (non-hydrogen) atoms. The van der Waals surface area contributed by atoms with Gasteiger partial charge in [-0.1, -0.05) is 75.8 Å². The SMILES string of the molecule is CCCCCCCCCCSc1nc2ccccc2[nH]1. The number of aromatic nitrogens is 2. The van der Waals surface area contributed by atoms with Gasteiger partial charge in [-0.05, 0) is 18.6 Å². The zero-order valence-corrected chi connectivity index (χ0v) is 13.3. The molecule has 0 radical (unpaired) electrons. The highest BCUT2D eigenvalue weighted by atomic mass is 32.2. The maximum absolute atomic E-state index is 4.59. The van der Waals surface area contributed by atoms with Gasteiger partial charge in [-0.25, -0.2) is 4.98 Å². The van der Waals surface area contributed by atoms with E-state index >= 15 is 0 Å². The van der Waals surface area contributed by atoms with Crippen molar-refractivity contribution in [3.05, 3.63) is 24.3 Å². The van der Waals surface area contributed by atoms with E-state index in [0.717, 1.165) is 16.2 Å². The van der Waals surface area contributed by atoms with Gasteiger partial charge in [0, 0.05) is 5.75 Å². The number of thioether (sulfide) groups is 1. The van der Waals surface area contributed by atoms with Gasteiger partial charge in [0.05, 0.1) is 11.0 Å². The zero-order valence-electron chi connectivity index (χ0n) is 12.5. The minimum Gasteiger partial charge on any atom is -0.333 e. The summed E-state index contributed by atoms with van der Waals surface area (Å²) >= 11 is 1.85. The van der Waals surface area contributed by atoms with Crippen molar-refractivity contribution in [2.75, 3.05) is 5.75 Å². The molecule has 0 aliphatic heterocycles. The van der Waals surface area contributed by atoms with E-state index in [1.54, 1.807) is 0 Å². The van der Waals surface area contributed by atoms with Gasteiger partial charge in [-0.3, -0.25) is 0 Å². The Bertz CT molecular complexity index is 459. The number of benzene rings is 1. The Kier molecular flexibility index (Phi) is 6.99. The molecule has 0 bridgehead atoms. The van der Waals surface area contributed by atoms with E-state index in [0.29, 0.717) is 0 Å². The Labute approximate surface area is 126 Å². The molecule has 2 nitrogen and oxygen atoms in total. The summed E-state index contributed by atoms with van der Waals surface area (Å²) in [4.78, 5) is 7.96. The number of rotatable bonds is 10. The Balaban J connectivity index is 1.55. The Morgan fingerprint density at radius 2 is 1.65 bits per heavy atom. The lowest BCUT2D eigenvalue weighted by molar-refractivity contribution is 0.586. The van der Waals surface area contributed by atoms with Crippen LogP contribution in [0.3, 0.4) is 0 Å². The van der Waals surface area contributed by atoms with Gasteiger partial charge in [0.2, 0.25) is 0 Å². The lowest BCUT2D eigenvalue weighted by Crippen LogP contribution is -1.84. The summed E-state index contributed by atoms with van der Waals surface area (Å²) in [5.74, 6) is 1.18. The maximum atomic E-state index is 4.59. The Morgan fingerprint density at radius 3 is 2.40 bits per heavy atom. The molecule has 0 unspecified atom stereocenters. The molecule has 0 amide bonds. The topological polar surface area (TPSA) is 28.7 Å². The molecule has 0 saturated carbocycles. The number of nitrogens with one attached hydrogen (secondary N) is 1. The third-order valence-corrected chi connectivity index (χ3v) is 4.56. The first kappa shape index (κ1) is 15.4. The van der Waals surface area contributed by atoms with Crippen molar-refractivity contribution >= 4 is 22.8 Å². The minimum absolute atomic E-state index is 1.06. The standard InChI is InChI=1S/C17H26N2S/c1-2-3-4-5-6-7-8-11-14-20-17-18-15-12-9-10-13-16(15)19-17/h9-10,12-13H,2-8,11,14H2,1H3,(H,18,19). The quantitative estimate of drug-likeness (QED) is 0.443. The molecular weight excluding hydrogens is 264 g/mol. The van der Waals surface area contributed by atoms with Crippen LogP contribution in [0.25, 0.3) is 11.0 Å². The molecule has 1 N–H and O–H groups in total. The molecule has 0 atom stereocenters. The molecule has 0 spiro atoms. The van der Waals surface area contributed by atoms with Crippen LogP contribution in [0.5, 0.6) is 0 Å². The van der Waals surface area contributed by atoms with Crippen molar-refractivity contribution in [3.63, 3.8) is 0 Å². The average molecular weight is 290 g/mol. The van der Waals surface area contributed by atoms with E-state index in [9.17, 15) is 0 Å². The molecule has 1 heterocycles. The second-order valence-electron chi connectivity index (χ2n) is 5.38. The average Bonchev–Trinajstić information content (AvgIpc) is 2.88. The fraction of sp³-hybridized carbons (Fsp3) is 0.588. The summed E-state index contributed by atoms with van der Waals surface area (Å²) in [5, 5.41) is 1.06. The molecule has 2 rings (SSSR count). The van der Waals surface area contributed by atoms with Crippen molar-refractivity contribution in [1.82, 2.24) is 9.97 Å². The summed E-state index contributed by atoms with van der Waals surface area (Å²) in [6, 6.07) is 8.23. The number of hydrogen-bond acceptors (Lipinski definition) is 2. The number of imidazole rings is 1. The fourth-order valence-corrected chi connectivity index (χ4v) is 3.29. The van der Waals surface area contributed by atoms with Crippen LogP contribution in [0, 0.1) is 0 Å². The van der Waals surface area contributed by atoms with E-state index in [4.69, 9.17) is 0 Å². The van der Waals surface area contributed by atoms with Crippen LogP contribution < -0.4 is 0 Å². The molecule has 1 aromatic heterocycles. The van der Waals surface area contributed by atoms with E-state index in [1.165, 1.54) is 57.1 Å². The molecule has 2 aromatic rings. The first-order valence-corrected chi connectivity index (χ1v) is 8.96. The van der Waals surface area contributed by atoms with Crippen molar-refractivity contribution < 1.29 is 0 Å². The van der Waals surface area contributed by atoms with Gasteiger partial charge in [-0.2, -0.15) is 0 Å². The summed E-state index contributed by atoms with van der Waals surface area (Å²) in [7, 11) is 0. The van der Waals surface area contributed by atoms with Crippen molar-refractivity contribution in [1.29, 1.82) is 0 Å². The van der Waals surface area contributed by atoms with Gasteiger partial charge in [-0.15, -0.1) is 0 Å². The second-order valence-corrected chi connectivity index (χ2v) is 6.47. The van der Waals surface area contributed by atoms with Crippen LogP contribution in [0.4, 0.5) is 0 Å². The van der Waals surface area contributed by atoms with Crippen molar-refractivity contribution in [2.45, 2.75) is 63.4 Å². The molecule has 0 saturated heterocycles. The van der Waals surface area contributed by atoms with Gasteiger partial charge in [0.15, 0.2) is 5.16 Å². The van der Waals surface area contributed by atoms with E-state index in [1.807, 2.05) is 23.9 Å². The molecule has 0 aliphatic rings. The first-order valence-electron chi connectivity index (χ1n) is 7.97. The summed E-state index contributed by atoms with van der Waals surface area (Å²) in [6.07, 6.45) is 11.1. The molecule has 0 aliphatic carbocycles. The van der Waals surface area contributed by atoms with Gasteiger partial charge in [0.25, 0.3) is 0 Å². The highest BCUT2D eigenvalue weighted by Crippen LogP contribution is 2.20. The van der Waals surface area contributed by atoms with Gasteiger partial charge < -0.3 is 4.98 Å². The molecular formula is C17H26N2S. The van der Waals surface area contributed by atoms with Crippen LogP contribution in [-0.4, -0.2) is 15.7 Å². The molecule has 1 aromatic carbocycles. The van der Waals surface area contributed by atoms with E-state index < -0.39 is 0 Å². The number of fused-ring (bicyclic) bond motifs is 1. The monoisotopic (exact) mass is 290 g/mol. The van der Waals surface area contributed by atoms with Gasteiger partial charge >= 0.3 is 0 Å². The lowest BCUT2D eigenvalue weighted by Gasteiger charge is -2.00. The minimum atomic E-state index is 1.06. The van der Waals surface area contributed by atoms with Gasteiger partial charge in [0.1, 0.15) is 0 Å². The molecule has 3 heteroatoms. The van der Waals surface area contributed by atoms with Crippen LogP contribution >= 0.6 is 11.8 Å². The Morgan fingerprint density at radius 1 is 0.950 bits per heavy atom. The fourth-order valence-electron chi connectivity index (χ4n) is 2.40. The Hall–Kier alpha value is -0.960. The molecule has 110 valence electrons. The summed E-state index contributed by atoms with van der Waals surface area (Å²) in [5.41, 5.74) is 2.22. The largest absolute Gasteiger partial charge is 0.333 e. The predicted octanol–water partition coefficient (Wildman–Crippen LogP) is 5.80. The van der Waals surface area contributed by atoms with Crippen LogP contribution in [0.15, 0.2) is 29.4 Å². The van der Waals surface area contributed by atoms with Crippen LogP contribution in [0.1, 0.15) is 58.3 Å². The normalized spacial score (nSPS) is 11.2. The maximum Gasteiger partial charge on any atom is 0.166 e. The highest BCUT2D eigenvalue weighted by molar-refractivity contribution is 7.99. The van der Waals surface area contributed by atoms with Crippen molar-refractivity contribution in [3.8, 4) is 0 Å². The highest BCUT2D eigenvalue weighted by Gasteiger charge is 2.01. The third-order valence-electron chi connectivity index (χ3n) is 3.60. The number of para-hydroxylation sites is 2. The predicted molar refractivity (Wildman–Crippen MR) is 89.4 cm³/mol. The van der Waals surface area contributed by atoms with Crippen molar-refractivity contribution in [2.24, 2.45) is 0 Å². The summed E-state index contributed by atoms with van der Waals surface area (Å²) < 4.78 is 0. The zero-order chi connectivity index (χ0) is 14.0. The number of aromatic amines is 1. The second kappa shape index (κ2) is 9.06. The lowest BCUT2D eigenvalue weighted by atomic mass is 10.1. The van der Waals surface area contributed by atoms with E-state index in [-0.39, 0.29) is 0 Å². The molecule has 0 fully saturated rings. The van der Waals surface area contributed by atoms with Crippen LogP contribution in [0.2, 0.25) is 0 Å². The summed E-state index contributed by atoms with van der Waals surface area (Å²) in [6.45, 7) is 2.27. The van der Waals surface area contributed by atoms with Crippen LogP contribution in [-0.2, 0) is 0 Å². The van der Waals surface area contributed by atoms with E-state index in [2.05, 4.69) is 29.0 Å². The number of unbranched alkanes of at least 4 members (excludes halogenated alkanes) is 7. The smallest absolute Gasteiger partial charge is 0.166 e.